The zero-order valence-corrected chi connectivity index (χ0v) is 11.9. The highest BCUT2D eigenvalue weighted by Gasteiger charge is 2.15. The quantitative estimate of drug-likeness (QED) is 0.828. The van der Waals surface area contributed by atoms with E-state index in [9.17, 15) is 13.2 Å². The third-order valence-electron chi connectivity index (χ3n) is 2.48. The Morgan fingerprint density at radius 3 is 2.79 bits per heavy atom. The molecule has 0 aliphatic rings. The SMILES string of the molecule is CCS(=O)(=O)NCc1ccc(C(=O)c2ccco2)s1. The topological polar surface area (TPSA) is 76.4 Å². The van der Waals surface area contributed by atoms with E-state index >= 15 is 0 Å². The van der Waals surface area contributed by atoms with Crippen LogP contribution in [0.4, 0.5) is 0 Å². The lowest BCUT2D eigenvalue weighted by atomic mass is 10.2. The van der Waals surface area contributed by atoms with Gasteiger partial charge in [-0.2, -0.15) is 0 Å². The first-order valence-electron chi connectivity index (χ1n) is 5.66. The van der Waals surface area contributed by atoms with Crippen molar-refractivity contribution in [2.45, 2.75) is 13.5 Å². The summed E-state index contributed by atoms with van der Waals surface area (Å²) in [7, 11) is -3.22. The summed E-state index contributed by atoms with van der Waals surface area (Å²) in [5, 5.41) is 0. The molecule has 2 aromatic heterocycles. The maximum atomic E-state index is 12.0. The number of nitrogens with one attached hydrogen (secondary N) is 1. The molecule has 1 N–H and O–H groups in total. The third-order valence-corrected chi connectivity index (χ3v) is 4.91. The second-order valence-electron chi connectivity index (χ2n) is 3.80. The molecular formula is C12H13NO4S2. The van der Waals surface area contributed by atoms with Crippen LogP contribution in [0.25, 0.3) is 0 Å². The van der Waals surface area contributed by atoms with E-state index in [0.717, 1.165) is 4.88 Å². The molecule has 0 aliphatic carbocycles. The van der Waals surface area contributed by atoms with E-state index in [1.165, 1.54) is 17.6 Å². The Labute approximate surface area is 115 Å². The maximum absolute atomic E-state index is 12.0. The number of sulfonamides is 1. The molecule has 5 nitrogen and oxygen atoms in total. The Balaban J connectivity index is 2.06. The monoisotopic (exact) mass is 299 g/mol. The zero-order valence-electron chi connectivity index (χ0n) is 10.3. The summed E-state index contributed by atoms with van der Waals surface area (Å²) < 4.78 is 30.1. The Hall–Kier alpha value is -1.44. The van der Waals surface area contributed by atoms with Gasteiger partial charge in [-0.05, 0) is 31.2 Å². The fourth-order valence-electron chi connectivity index (χ4n) is 1.41. The van der Waals surface area contributed by atoms with Gasteiger partial charge in [0.15, 0.2) is 5.76 Å². The van der Waals surface area contributed by atoms with Crippen molar-refractivity contribution in [3.63, 3.8) is 0 Å². The molecule has 0 spiro atoms. The number of thiophene rings is 1. The smallest absolute Gasteiger partial charge is 0.238 e. The molecule has 0 unspecified atom stereocenters. The molecule has 2 rings (SSSR count). The van der Waals surface area contributed by atoms with E-state index in [1.54, 1.807) is 31.2 Å². The fraction of sp³-hybridized carbons (Fsp3) is 0.250. The van der Waals surface area contributed by atoms with E-state index in [4.69, 9.17) is 4.42 Å². The average molecular weight is 299 g/mol. The van der Waals surface area contributed by atoms with Crippen LogP contribution in [0.2, 0.25) is 0 Å². The number of ketones is 1. The molecule has 0 saturated carbocycles. The van der Waals surface area contributed by atoms with Crippen LogP contribution >= 0.6 is 11.3 Å². The number of rotatable bonds is 6. The normalized spacial score (nSPS) is 11.6. The van der Waals surface area contributed by atoms with E-state index in [1.807, 2.05) is 0 Å². The van der Waals surface area contributed by atoms with E-state index in [2.05, 4.69) is 4.72 Å². The number of hydrogen-bond acceptors (Lipinski definition) is 5. The first-order chi connectivity index (χ1) is 9.02. The molecule has 0 aliphatic heterocycles. The molecule has 0 bridgehead atoms. The number of furan rings is 1. The zero-order chi connectivity index (χ0) is 13.9. The highest BCUT2D eigenvalue weighted by molar-refractivity contribution is 7.89. The fourth-order valence-corrected chi connectivity index (χ4v) is 2.97. The van der Waals surface area contributed by atoms with Crippen LogP contribution < -0.4 is 4.72 Å². The average Bonchev–Trinajstić information content (AvgIpc) is 3.07. The van der Waals surface area contributed by atoms with E-state index in [-0.39, 0.29) is 23.8 Å². The van der Waals surface area contributed by atoms with Gasteiger partial charge in [0, 0.05) is 11.4 Å². The van der Waals surface area contributed by atoms with Crippen molar-refractivity contribution in [3.05, 3.63) is 46.0 Å². The lowest BCUT2D eigenvalue weighted by molar-refractivity contribution is 0.101. The lowest BCUT2D eigenvalue weighted by Gasteiger charge is -2.01. The van der Waals surface area contributed by atoms with Crippen molar-refractivity contribution < 1.29 is 17.6 Å². The van der Waals surface area contributed by atoms with Crippen molar-refractivity contribution in [2.24, 2.45) is 0 Å². The molecule has 19 heavy (non-hydrogen) atoms. The molecule has 102 valence electrons. The Kier molecular flexibility index (Phi) is 4.18. The minimum Gasteiger partial charge on any atom is -0.461 e. The van der Waals surface area contributed by atoms with Crippen LogP contribution in [0.3, 0.4) is 0 Å². The molecule has 0 atom stereocenters. The van der Waals surface area contributed by atoms with Crippen LogP contribution in [0.15, 0.2) is 34.9 Å². The van der Waals surface area contributed by atoms with Crippen molar-refractivity contribution in [2.75, 3.05) is 5.75 Å². The molecule has 7 heteroatoms. The van der Waals surface area contributed by atoms with Gasteiger partial charge in [-0.1, -0.05) is 0 Å². The van der Waals surface area contributed by atoms with Crippen molar-refractivity contribution in [1.82, 2.24) is 4.72 Å². The molecular weight excluding hydrogens is 286 g/mol. The number of hydrogen-bond donors (Lipinski definition) is 1. The van der Waals surface area contributed by atoms with Crippen LogP contribution in [0.1, 0.15) is 27.2 Å². The van der Waals surface area contributed by atoms with E-state index < -0.39 is 10.0 Å². The molecule has 0 aromatic carbocycles. The van der Waals surface area contributed by atoms with Crippen LogP contribution in [0.5, 0.6) is 0 Å². The molecule has 2 aromatic rings. The van der Waals surface area contributed by atoms with Gasteiger partial charge in [0.25, 0.3) is 0 Å². The predicted molar refractivity (Wildman–Crippen MR) is 72.8 cm³/mol. The first-order valence-corrected chi connectivity index (χ1v) is 8.13. The minimum absolute atomic E-state index is 0.0383. The predicted octanol–water partition coefficient (Wildman–Crippen LogP) is 2.01. The first kappa shape index (κ1) is 14.0. The summed E-state index contributed by atoms with van der Waals surface area (Å²) in [4.78, 5) is 13.3. The van der Waals surface area contributed by atoms with Gasteiger partial charge < -0.3 is 4.42 Å². The van der Waals surface area contributed by atoms with Crippen LogP contribution in [0, 0.1) is 0 Å². The molecule has 0 fully saturated rings. The van der Waals surface area contributed by atoms with Crippen molar-refractivity contribution in [3.8, 4) is 0 Å². The van der Waals surface area contributed by atoms with Gasteiger partial charge in [-0.25, -0.2) is 13.1 Å². The Bertz CT molecular complexity index is 656. The summed E-state index contributed by atoms with van der Waals surface area (Å²) in [5.74, 6) is 0.124. The lowest BCUT2D eigenvalue weighted by Crippen LogP contribution is -2.24. The molecule has 0 radical (unpaired) electrons. The van der Waals surface area contributed by atoms with Gasteiger partial charge in [0.2, 0.25) is 15.8 Å². The largest absolute Gasteiger partial charge is 0.461 e. The van der Waals surface area contributed by atoms with Gasteiger partial charge in [-0.15, -0.1) is 11.3 Å². The highest BCUT2D eigenvalue weighted by Crippen LogP contribution is 2.20. The minimum atomic E-state index is -3.22. The number of carbonyl (C=O) groups is 1. The van der Waals surface area contributed by atoms with Gasteiger partial charge >= 0.3 is 0 Å². The molecule has 0 saturated heterocycles. The molecule has 0 amide bonds. The van der Waals surface area contributed by atoms with Gasteiger partial charge in [0.1, 0.15) is 0 Å². The van der Waals surface area contributed by atoms with Crippen molar-refractivity contribution in [1.29, 1.82) is 0 Å². The summed E-state index contributed by atoms with van der Waals surface area (Å²) in [6, 6.07) is 6.66. The van der Waals surface area contributed by atoms with E-state index in [0.29, 0.717) is 4.88 Å². The maximum Gasteiger partial charge on any atom is 0.238 e. The summed E-state index contributed by atoms with van der Waals surface area (Å²) >= 11 is 1.25. The van der Waals surface area contributed by atoms with Crippen molar-refractivity contribution >= 4 is 27.1 Å². The Morgan fingerprint density at radius 2 is 2.16 bits per heavy atom. The second kappa shape index (κ2) is 5.68. The van der Waals surface area contributed by atoms with Crippen LogP contribution in [-0.4, -0.2) is 20.0 Å². The summed E-state index contributed by atoms with van der Waals surface area (Å²) in [6.45, 7) is 1.77. The van der Waals surface area contributed by atoms with Gasteiger partial charge in [-0.3, -0.25) is 4.79 Å². The summed E-state index contributed by atoms with van der Waals surface area (Å²) in [6.07, 6.45) is 1.44. The third kappa shape index (κ3) is 3.52. The van der Waals surface area contributed by atoms with Crippen LogP contribution in [-0.2, 0) is 16.6 Å². The second-order valence-corrected chi connectivity index (χ2v) is 7.06. The molecule has 2 heterocycles. The highest BCUT2D eigenvalue weighted by atomic mass is 32.2. The summed E-state index contributed by atoms with van der Waals surface area (Å²) in [5.41, 5.74) is 0. The van der Waals surface area contributed by atoms with Gasteiger partial charge in [0.05, 0.1) is 16.9 Å². The Morgan fingerprint density at radius 1 is 1.37 bits per heavy atom. The number of carbonyl (C=O) groups excluding carboxylic acids is 1. The standard InChI is InChI=1S/C12H13NO4S2/c1-2-19(15,16)13-8-9-5-6-11(18-9)12(14)10-4-3-7-17-10/h3-7,13H,2,8H2,1H3.